The highest BCUT2D eigenvalue weighted by molar-refractivity contribution is 5.92. The number of methoxy groups -OCH3 is 1. The summed E-state index contributed by atoms with van der Waals surface area (Å²) in [6.07, 6.45) is 3.66. The summed E-state index contributed by atoms with van der Waals surface area (Å²) in [4.78, 5) is 29.3. The van der Waals surface area contributed by atoms with Gasteiger partial charge in [0.15, 0.2) is 5.76 Å². The molecule has 1 amide bonds. The van der Waals surface area contributed by atoms with Crippen molar-refractivity contribution in [1.29, 1.82) is 0 Å². The van der Waals surface area contributed by atoms with E-state index in [1.54, 1.807) is 18.4 Å². The molecule has 0 aliphatic carbocycles. The smallest absolute Gasteiger partial charge is 0.324 e. The third kappa shape index (κ3) is 6.27. The van der Waals surface area contributed by atoms with Crippen LogP contribution in [-0.4, -0.2) is 62.4 Å². The summed E-state index contributed by atoms with van der Waals surface area (Å²) in [7, 11) is 1.36. The van der Waals surface area contributed by atoms with E-state index < -0.39 is 17.8 Å². The minimum absolute atomic E-state index is 0.111. The third-order valence-electron chi connectivity index (χ3n) is 7.30. The summed E-state index contributed by atoms with van der Waals surface area (Å²) in [6, 6.07) is 13.8. The van der Waals surface area contributed by atoms with Gasteiger partial charge in [-0.2, -0.15) is 0 Å². The lowest BCUT2D eigenvalue weighted by atomic mass is 9.99. The monoisotopic (exact) mass is 525 g/mol. The maximum atomic E-state index is 15.3. The van der Waals surface area contributed by atoms with Crippen LogP contribution in [-0.2, 0) is 30.2 Å². The highest BCUT2D eigenvalue weighted by atomic mass is 19.1. The summed E-state index contributed by atoms with van der Waals surface area (Å²) in [5.74, 6) is -0.430. The summed E-state index contributed by atoms with van der Waals surface area (Å²) < 4.78 is 31.5. The number of rotatable bonds is 10. The Bertz CT molecular complexity index is 1140. The van der Waals surface area contributed by atoms with E-state index in [2.05, 4.69) is 10.2 Å². The van der Waals surface area contributed by atoms with Crippen LogP contribution in [0.5, 0.6) is 0 Å². The zero-order valence-corrected chi connectivity index (χ0v) is 22.2. The van der Waals surface area contributed by atoms with Gasteiger partial charge in [-0.1, -0.05) is 44.2 Å². The van der Waals surface area contributed by atoms with Crippen molar-refractivity contribution in [2.45, 2.75) is 45.2 Å². The SMILES string of the molecule is CCC(CC)C(=O)Nc1ccc(N2CCN(C(Cc3ccccc3)C3=COCO3)C(C(=O)OC)C2)c(F)c1. The Labute approximate surface area is 223 Å². The van der Waals surface area contributed by atoms with Crippen LogP contribution in [0.15, 0.2) is 60.6 Å². The molecule has 2 aromatic rings. The lowest BCUT2D eigenvalue weighted by molar-refractivity contribution is -0.148. The molecule has 8 nitrogen and oxygen atoms in total. The van der Waals surface area contributed by atoms with Crippen molar-refractivity contribution in [1.82, 2.24) is 4.90 Å². The number of ether oxygens (including phenoxy) is 3. The lowest BCUT2D eigenvalue weighted by Gasteiger charge is -2.44. The van der Waals surface area contributed by atoms with Gasteiger partial charge in [0, 0.05) is 31.2 Å². The molecule has 2 heterocycles. The number of benzene rings is 2. The molecule has 0 bridgehead atoms. The predicted molar refractivity (Wildman–Crippen MR) is 143 cm³/mol. The molecule has 0 aromatic heterocycles. The maximum absolute atomic E-state index is 15.3. The van der Waals surface area contributed by atoms with E-state index in [0.717, 1.165) is 18.4 Å². The standard InChI is InChI=1S/C29H36FN3O5/c1-4-21(5-2)28(34)31-22-11-12-24(23(30)16-22)32-13-14-33(26(17-32)29(35)36-3)25(27-18-37-19-38-27)15-20-9-7-6-8-10-20/h6-12,16,18,21,25-26H,4-5,13-15,17,19H2,1-3H3,(H,31,34). The van der Waals surface area contributed by atoms with Crippen molar-refractivity contribution in [3.05, 3.63) is 71.9 Å². The van der Waals surface area contributed by atoms with E-state index in [0.29, 0.717) is 36.6 Å². The summed E-state index contributed by atoms with van der Waals surface area (Å²) >= 11 is 0. The number of carbonyl (C=O) groups is 2. The minimum atomic E-state index is -0.652. The van der Waals surface area contributed by atoms with E-state index in [4.69, 9.17) is 14.2 Å². The summed E-state index contributed by atoms with van der Waals surface area (Å²) in [6.45, 7) is 5.26. The molecular weight excluding hydrogens is 489 g/mol. The highest BCUT2D eigenvalue weighted by Crippen LogP contribution is 2.30. The van der Waals surface area contributed by atoms with Crippen molar-refractivity contribution < 1.29 is 28.2 Å². The first-order chi connectivity index (χ1) is 18.4. The molecular formula is C29H36FN3O5. The molecule has 9 heteroatoms. The molecule has 4 rings (SSSR count). The number of nitrogens with one attached hydrogen (secondary N) is 1. The van der Waals surface area contributed by atoms with Gasteiger partial charge in [-0.25, -0.2) is 4.39 Å². The lowest BCUT2D eigenvalue weighted by Crippen LogP contribution is -2.60. The van der Waals surface area contributed by atoms with Gasteiger partial charge < -0.3 is 24.4 Å². The number of halogens is 1. The fourth-order valence-electron chi connectivity index (χ4n) is 5.13. The quantitative estimate of drug-likeness (QED) is 0.463. The first-order valence-corrected chi connectivity index (χ1v) is 13.1. The Morgan fingerprint density at radius 3 is 2.53 bits per heavy atom. The first-order valence-electron chi connectivity index (χ1n) is 13.1. The van der Waals surface area contributed by atoms with E-state index >= 15 is 4.39 Å². The number of piperazine rings is 1. The number of esters is 1. The van der Waals surface area contributed by atoms with Crippen molar-refractivity contribution in [2.24, 2.45) is 5.92 Å². The minimum Gasteiger partial charge on any atom is -0.468 e. The Morgan fingerprint density at radius 2 is 1.89 bits per heavy atom. The number of nitrogens with zero attached hydrogens (tertiary/aromatic N) is 2. The number of carbonyl (C=O) groups excluding carboxylic acids is 2. The maximum Gasteiger partial charge on any atom is 0.324 e. The third-order valence-corrected chi connectivity index (χ3v) is 7.30. The zero-order chi connectivity index (χ0) is 27.1. The molecule has 1 saturated heterocycles. The van der Waals surface area contributed by atoms with Gasteiger partial charge >= 0.3 is 5.97 Å². The number of anilines is 2. The van der Waals surface area contributed by atoms with Crippen LogP contribution in [0.3, 0.4) is 0 Å². The van der Waals surface area contributed by atoms with Crippen LogP contribution in [0.2, 0.25) is 0 Å². The Morgan fingerprint density at radius 1 is 1.13 bits per heavy atom. The molecule has 2 aliphatic heterocycles. The van der Waals surface area contributed by atoms with Gasteiger partial charge in [-0.3, -0.25) is 14.5 Å². The normalized spacial score (nSPS) is 18.4. The fourth-order valence-corrected chi connectivity index (χ4v) is 5.13. The van der Waals surface area contributed by atoms with Crippen LogP contribution in [0.4, 0.5) is 15.8 Å². The molecule has 38 heavy (non-hydrogen) atoms. The largest absolute Gasteiger partial charge is 0.468 e. The molecule has 2 atom stereocenters. The highest BCUT2D eigenvalue weighted by Gasteiger charge is 2.40. The Balaban J connectivity index is 1.54. The summed E-state index contributed by atoms with van der Waals surface area (Å²) in [5, 5.41) is 2.82. The average Bonchev–Trinajstić information content (AvgIpc) is 3.47. The second-order valence-electron chi connectivity index (χ2n) is 9.55. The van der Waals surface area contributed by atoms with E-state index in [-0.39, 0.29) is 31.2 Å². The molecule has 204 valence electrons. The molecule has 2 aromatic carbocycles. The van der Waals surface area contributed by atoms with Gasteiger partial charge in [0.05, 0.1) is 18.8 Å². The average molecular weight is 526 g/mol. The van der Waals surface area contributed by atoms with Crippen LogP contribution < -0.4 is 10.2 Å². The van der Waals surface area contributed by atoms with E-state index in [1.807, 2.05) is 49.1 Å². The first kappa shape index (κ1) is 27.4. The van der Waals surface area contributed by atoms with Crippen molar-refractivity contribution in [3.63, 3.8) is 0 Å². The number of hydrogen-bond acceptors (Lipinski definition) is 7. The summed E-state index contributed by atoms with van der Waals surface area (Å²) in [5.41, 5.74) is 1.88. The van der Waals surface area contributed by atoms with Crippen LogP contribution in [0, 0.1) is 11.7 Å². The van der Waals surface area contributed by atoms with Gasteiger partial charge in [-0.05, 0) is 43.0 Å². The van der Waals surface area contributed by atoms with Crippen molar-refractivity contribution >= 4 is 23.3 Å². The fraction of sp³-hybridized carbons (Fsp3) is 0.448. The van der Waals surface area contributed by atoms with Crippen LogP contribution in [0.1, 0.15) is 32.3 Å². The van der Waals surface area contributed by atoms with E-state index in [1.165, 1.54) is 13.2 Å². The number of amides is 1. The molecule has 0 radical (unpaired) electrons. The predicted octanol–water partition coefficient (Wildman–Crippen LogP) is 4.32. The molecule has 2 unspecified atom stereocenters. The second kappa shape index (κ2) is 12.8. The Kier molecular flexibility index (Phi) is 9.23. The molecule has 0 spiro atoms. The van der Waals surface area contributed by atoms with Crippen molar-refractivity contribution in [2.75, 3.05) is 43.8 Å². The second-order valence-corrected chi connectivity index (χ2v) is 9.55. The van der Waals surface area contributed by atoms with E-state index in [9.17, 15) is 9.59 Å². The van der Waals surface area contributed by atoms with Crippen LogP contribution >= 0.6 is 0 Å². The molecule has 0 saturated carbocycles. The number of hydrogen-bond donors (Lipinski definition) is 1. The molecule has 1 fully saturated rings. The van der Waals surface area contributed by atoms with Gasteiger partial charge in [-0.15, -0.1) is 0 Å². The molecule has 1 N–H and O–H groups in total. The van der Waals surface area contributed by atoms with Crippen molar-refractivity contribution in [3.8, 4) is 0 Å². The van der Waals surface area contributed by atoms with Gasteiger partial charge in [0.2, 0.25) is 12.7 Å². The topological polar surface area (TPSA) is 80.3 Å². The Hall–Kier alpha value is -3.59. The van der Waals surface area contributed by atoms with Gasteiger partial charge in [0.25, 0.3) is 0 Å². The zero-order valence-electron chi connectivity index (χ0n) is 22.2. The van der Waals surface area contributed by atoms with Gasteiger partial charge in [0.1, 0.15) is 18.1 Å². The van der Waals surface area contributed by atoms with Crippen LogP contribution in [0.25, 0.3) is 0 Å². The molecule has 2 aliphatic rings.